The molecule has 0 N–H and O–H groups in total. The molecule has 0 unspecified atom stereocenters. The number of carbonyl (C=O) groups excluding carboxylic acids is 1. The average molecular weight is 470 g/mol. The number of hydrogen-bond acceptors (Lipinski definition) is 7. The molecule has 1 aliphatic heterocycles. The van der Waals surface area contributed by atoms with Crippen LogP contribution in [-0.4, -0.2) is 60.4 Å². The SMILES string of the molecule is CCOc1c(CC(=O)Cc2cnn(CC)c2)c(OCCN2CCCCC2)c(OC)c2occc12. The van der Waals surface area contributed by atoms with Gasteiger partial charge in [0.2, 0.25) is 5.75 Å². The first-order valence-corrected chi connectivity index (χ1v) is 12.3. The van der Waals surface area contributed by atoms with E-state index in [1.807, 2.05) is 30.8 Å². The monoisotopic (exact) mass is 469 g/mol. The second kappa shape index (κ2) is 11.4. The highest BCUT2D eigenvalue weighted by Gasteiger charge is 2.27. The molecule has 0 atom stereocenters. The van der Waals surface area contributed by atoms with Crippen molar-refractivity contribution in [2.45, 2.75) is 52.5 Å². The van der Waals surface area contributed by atoms with E-state index in [-0.39, 0.29) is 12.2 Å². The van der Waals surface area contributed by atoms with Gasteiger partial charge >= 0.3 is 0 Å². The molecule has 8 heteroatoms. The summed E-state index contributed by atoms with van der Waals surface area (Å²) >= 11 is 0. The first-order chi connectivity index (χ1) is 16.6. The number of furan rings is 1. The maximum Gasteiger partial charge on any atom is 0.205 e. The van der Waals surface area contributed by atoms with Crippen molar-refractivity contribution in [2.24, 2.45) is 0 Å². The summed E-state index contributed by atoms with van der Waals surface area (Å²) in [5, 5.41) is 5.06. The van der Waals surface area contributed by atoms with Crippen molar-refractivity contribution in [1.29, 1.82) is 0 Å². The Kier molecular flexibility index (Phi) is 8.11. The van der Waals surface area contributed by atoms with E-state index >= 15 is 0 Å². The van der Waals surface area contributed by atoms with Crippen molar-refractivity contribution in [2.75, 3.05) is 40.0 Å². The van der Waals surface area contributed by atoms with E-state index in [9.17, 15) is 4.79 Å². The number of likely N-dealkylation sites (tertiary alicyclic amines) is 1. The molecule has 1 saturated heterocycles. The summed E-state index contributed by atoms with van der Waals surface area (Å²) in [6, 6.07) is 1.85. The van der Waals surface area contributed by atoms with Crippen LogP contribution in [0.5, 0.6) is 17.2 Å². The summed E-state index contributed by atoms with van der Waals surface area (Å²) < 4.78 is 25.7. The van der Waals surface area contributed by atoms with Crippen LogP contribution in [-0.2, 0) is 24.2 Å². The van der Waals surface area contributed by atoms with Gasteiger partial charge in [-0.3, -0.25) is 14.4 Å². The number of nitrogens with zero attached hydrogens (tertiary/aromatic N) is 3. The molecule has 0 spiro atoms. The van der Waals surface area contributed by atoms with Gasteiger partial charge in [-0.05, 0) is 51.4 Å². The van der Waals surface area contributed by atoms with Crippen molar-refractivity contribution in [3.8, 4) is 17.2 Å². The summed E-state index contributed by atoms with van der Waals surface area (Å²) in [6.07, 6.45) is 9.49. The molecule has 2 aromatic heterocycles. The van der Waals surface area contributed by atoms with Gasteiger partial charge in [0, 0.05) is 37.7 Å². The molecule has 0 bridgehead atoms. The number of fused-ring (bicyclic) bond motifs is 1. The van der Waals surface area contributed by atoms with Crippen molar-refractivity contribution < 1.29 is 23.4 Å². The minimum Gasteiger partial charge on any atom is -0.493 e. The van der Waals surface area contributed by atoms with Crippen molar-refractivity contribution in [1.82, 2.24) is 14.7 Å². The van der Waals surface area contributed by atoms with Crippen molar-refractivity contribution in [3.05, 3.63) is 35.9 Å². The van der Waals surface area contributed by atoms with Gasteiger partial charge in [0.05, 0.1) is 31.6 Å². The Balaban J connectivity index is 1.63. The highest BCUT2D eigenvalue weighted by molar-refractivity contribution is 5.96. The zero-order chi connectivity index (χ0) is 23.9. The Labute approximate surface area is 200 Å². The van der Waals surface area contributed by atoms with Gasteiger partial charge in [0.25, 0.3) is 0 Å². The standard InChI is InChI=1S/C26H35N3O5/c1-4-29-18-19(17-27-29)15-20(30)16-22-23(32-5-2)21-9-13-33-24(21)26(31-3)25(22)34-14-12-28-10-7-6-8-11-28/h9,13,17-18H,4-8,10-12,14-16H2,1-3H3. The fraction of sp³-hybridized carbons (Fsp3) is 0.538. The third kappa shape index (κ3) is 5.38. The van der Waals surface area contributed by atoms with E-state index in [1.54, 1.807) is 19.6 Å². The number of carbonyl (C=O) groups is 1. The molecule has 0 amide bonds. The topological polar surface area (TPSA) is 79.0 Å². The van der Waals surface area contributed by atoms with E-state index in [0.717, 1.165) is 37.1 Å². The molecule has 3 heterocycles. The number of hydrogen-bond donors (Lipinski definition) is 0. The third-order valence-electron chi connectivity index (χ3n) is 6.25. The van der Waals surface area contributed by atoms with Crippen LogP contribution < -0.4 is 14.2 Å². The van der Waals surface area contributed by atoms with Gasteiger partial charge in [-0.1, -0.05) is 6.42 Å². The Morgan fingerprint density at radius 1 is 1.09 bits per heavy atom. The Bertz CT molecular complexity index is 1100. The molecule has 0 aliphatic carbocycles. The first kappa shape index (κ1) is 24.1. The number of rotatable bonds is 12. The molecule has 1 aliphatic rings. The van der Waals surface area contributed by atoms with Crippen LogP contribution in [0.2, 0.25) is 0 Å². The van der Waals surface area contributed by atoms with Gasteiger partial charge in [0.1, 0.15) is 18.1 Å². The lowest BCUT2D eigenvalue weighted by Crippen LogP contribution is -2.33. The molecular weight excluding hydrogens is 434 g/mol. The Hall–Kier alpha value is -3.00. The summed E-state index contributed by atoms with van der Waals surface area (Å²) in [4.78, 5) is 15.6. The molecule has 1 fully saturated rings. The molecular formula is C26H35N3O5. The minimum atomic E-state index is 0.0578. The number of Topliss-reactive ketones (excluding diaryl/α,β-unsaturated/α-hetero) is 1. The number of piperidine rings is 1. The Morgan fingerprint density at radius 3 is 2.62 bits per heavy atom. The number of methoxy groups -OCH3 is 1. The van der Waals surface area contributed by atoms with Gasteiger partial charge < -0.3 is 18.6 Å². The number of benzene rings is 1. The van der Waals surface area contributed by atoms with Gasteiger partial charge in [-0.25, -0.2) is 0 Å². The van der Waals surface area contributed by atoms with Crippen LogP contribution in [0.15, 0.2) is 29.1 Å². The van der Waals surface area contributed by atoms with Crippen LogP contribution in [0.3, 0.4) is 0 Å². The normalized spacial score (nSPS) is 14.4. The van der Waals surface area contributed by atoms with Crippen LogP contribution in [0.25, 0.3) is 11.0 Å². The van der Waals surface area contributed by atoms with E-state index in [4.69, 9.17) is 18.6 Å². The van der Waals surface area contributed by atoms with Gasteiger partial charge in [-0.15, -0.1) is 0 Å². The number of ether oxygens (including phenoxy) is 3. The summed E-state index contributed by atoms with van der Waals surface area (Å²) in [5.74, 6) is 1.71. The maximum atomic E-state index is 13.2. The van der Waals surface area contributed by atoms with Crippen LogP contribution in [0.4, 0.5) is 0 Å². The molecule has 184 valence electrons. The highest BCUT2D eigenvalue weighted by Crippen LogP contribution is 2.47. The number of aromatic nitrogens is 2. The number of aryl methyl sites for hydroxylation is 1. The molecule has 0 saturated carbocycles. The predicted molar refractivity (Wildman–Crippen MR) is 130 cm³/mol. The van der Waals surface area contributed by atoms with E-state index in [0.29, 0.717) is 48.0 Å². The lowest BCUT2D eigenvalue weighted by atomic mass is 10.00. The Morgan fingerprint density at radius 2 is 1.91 bits per heavy atom. The molecule has 8 nitrogen and oxygen atoms in total. The second-order valence-corrected chi connectivity index (χ2v) is 8.61. The van der Waals surface area contributed by atoms with Crippen molar-refractivity contribution in [3.63, 3.8) is 0 Å². The van der Waals surface area contributed by atoms with Crippen LogP contribution >= 0.6 is 0 Å². The summed E-state index contributed by atoms with van der Waals surface area (Å²) in [7, 11) is 1.60. The van der Waals surface area contributed by atoms with E-state index in [1.165, 1.54) is 19.3 Å². The fourth-order valence-electron chi connectivity index (χ4n) is 4.60. The zero-order valence-electron chi connectivity index (χ0n) is 20.5. The van der Waals surface area contributed by atoms with E-state index < -0.39 is 0 Å². The van der Waals surface area contributed by atoms with Crippen molar-refractivity contribution >= 4 is 16.8 Å². The minimum absolute atomic E-state index is 0.0578. The average Bonchev–Trinajstić information content (AvgIpc) is 3.51. The quantitative estimate of drug-likeness (QED) is 0.392. The molecule has 4 rings (SSSR count). The largest absolute Gasteiger partial charge is 0.493 e. The van der Waals surface area contributed by atoms with Crippen LogP contribution in [0, 0.1) is 0 Å². The second-order valence-electron chi connectivity index (χ2n) is 8.61. The molecule has 3 aromatic rings. The van der Waals surface area contributed by atoms with Gasteiger partial charge in [0.15, 0.2) is 11.3 Å². The lowest BCUT2D eigenvalue weighted by molar-refractivity contribution is -0.117. The van der Waals surface area contributed by atoms with E-state index in [2.05, 4.69) is 10.00 Å². The summed E-state index contributed by atoms with van der Waals surface area (Å²) in [5.41, 5.74) is 2.17. The highest BCUT2D eigenvalue weighted by atomic mass is 16.5. The smallest absolute Gasteiger partial charge is 0.205 e. The summed E-state index contributed by atoms with van der Waals surface area (Å²) in [6.45, 7) is 8.70. The zero-order valence-corrected chi connectivity index (χ0v) is 20.5. The molecule has 1 aromatic carbocycles. The third-order valence-corrected chi connectivity index (χ3v) is 6.25. The predicted octanol–water partition coefficient (Wildman–Crippen LogP) is 4.28. The first-order valence-electron chi connectivity index (χ1n) is 12.3. The maximum absolute atomic E-state index is 13.2. The molecule has 0 radical (unpaired) electrons. The number of ketones is 1. The van der Waals surface area contributed by atoms with Crippen LogP contribution in [0.1, 0.15) is 44.2 Å². The fourth-order valence-corrected chi connectivity index (χ4v) is 4.60. The molecule has 34 heavy (non-hydrogen) atoms. The lowest BCUT2D eigenvalue weighted by Gasteiger charge is -2.26. The van der Waals surface area contributed by atoms with Gasteiger partial charge in [-0.2, -0.15) is 5.10 Å².